The van der Waals surface area contributed by atoms with Crippen molar-refractivity contribution in [3.63, 3.8) is 0 Å². The maximum absolute atomic E-state index is 5.55. The van der Waals surface area contributed by atoms with Gasteiger partial charge in [-0.1, -0.05) is 42.5 Å². The molecule has 1 atom stereocenters. The maximum atomic E-state index is 5.55. The van der Waals surface area contributed by atoms with Crippen molar-refractivity contribution in [1.29, 1.82) is 0 Å². The largest absolute Gasteiger partial charge is 0.468 e. The molecule has 1 N–H and O–H groups in total. The highest BCUT2D eigenvalue weighted by Gasteiger charge is 2.16. The molecule has 0 bridgehead atoms. The van der Waals surface area contributed by atoms with Crippen molar-refractivity contribution in [1.82, 2.24) is 10.2 Å². The number of rotatable bonds is 6. The molecule has 2 aromatic carbocycles. The van der Waals surface area contributed by atoms with Crippen LogP contribution in [0.25, 0.3) is 10.8 Å². The van der Waals surface area contributed by atoms with Crippen molar-refractivity contribution >= 4 is 10.8 Å². The summed E-state index contributed by atoms with van der Waals surface area (Å²) in [7, 11) is 4.15. The summed E-state index contributed by atoms with van der Waals surface area (Å²) < 4.78 is 5.55. The second-order valence-electron chi connectivity index (χ2n) is 5.76. The number of nitrogens with zero attached hydrogens (tertiary/aromatic N) is 1. The Labute approximate surface area is 131 Å². The zero-order valence-electron chi connectivity index (χ0n) is 13.1. The minimum absolute atomic E-state index is 0.241. The monoisotopic (exact) mass is 294 g/mol. The first-order chi connectivity index (χ1) is 10.8. The summed E-state index contributed by atoms with van der Waals surface area (Å²) in [6.45, 7) is 1.70. The molecule has 1 unspecified atom stereocenters. The predicted octanol–water partition coefficient (Wildman–Crippen LogP) is 3.83. The Balaban J connectivity index is 1.69. The lowest BCUT2D eigenvalue weighted by molar-refractivity contribution is 0.250. The van der Waals surface area contributed by atoms with Crippen LogP contribution in [-0.4, -0.2) is 25.5 Å². The fourth-order valence-electron chi connectivity index (χ4n) is 2.81. The Hall–Kier alpha value is -2.10. The van der Waals surface area contributed by atoms with Crippen LogP contribution in [0.5, 0.6) is 0 Å². The molecule has 0 aliphatic rings. The summed E-state index contributed by atoms with van der Waals surface area (Å²) >= 11 is 0. The smallest absolute Gasteiger partial charge is 0.122 e. The third-order valence-corrected chi connectivity index (χ3v) is 4.03. The summed E-state index contributed by atoms with van der Waals surface area (Å²) in [5, 5.41) is 6.17. The van der Waals surface area contributed by atoms with Crippen LogP contribution in [0.3, 0.4) is 0 Å². The van der Waals surface area contributed by atoms with E-state index in [4.69, 9.17) is 4.42 Å². The van der Waals surface area contributed by atoms with Gasteiger partial charge in [0, 0.05) is 13.1 Å². The van der Waals surface area contributed by atoms with Crippen LogP contribution in [0.4, 0.5) is 0 Å². The second kappa shape index (κ2) is 6.77. The Kier molecular flexibility index (Phi) is 4.56. The summed E-state index contributed by atoms with van der Waals surface area (Å²) in [4.78, 5) is 2.18. The Bertz CT molecular complexity index is 714. The number of benzene rings is 2. The number of hydrogen-bond donors (Lipinski definition) is 1. The van der Waals surface area contributed by atoms with Gasteiger partial charge in [0.05, 0.1) is 12.3 Å². The SMILES string of the molecule is CN(C)C(CNCc1cccc2ccccc12)c1ccco1. The third-order valence-electron chi connectivity index (χ3n) is 4.03. The third kappa shape index (κ3) is 3.21. The highest BCUT2D eigenvalue weighted by atomic mass is 16.3. The standard InChI is InChI=1S/C19H22N2O/c1-21(2)18(19-11-6-12-22-19)14-20-13-16-9-5-8-15-7-3-4-10-17(15)16/h3-12,18,20H,13-14H2,1-2H3. The van der Waals surface area contributed by atoms with E-state index in [1.165, 1.54) is 16.3 Å². The maximum Gasteiger partial charge on any atom is 0.122 e. The fourth-order valence-corrected chi connectivity index (χ4v) is 2.81. The lowest BCUT2D eigenvalue weighted by Crippen LogP contribution is -2.30. The molecule has 0 spiro atoms. The van der Waals surface area contributed by atoms with Gasteiger partial charge in [0.1, 0.15) is 5.76 Å². The van der Waals surface area contributed by atoms with Crippen LogP contribution in [0, 0.1) is 0 Å². The fraction of sp³-hybridized carbons (Fsp3) is 0.263. The quantitative estimate of drug-likeness (QED) is 0.749. The first-order valence-corrected chi connectivity index (χ1v) is 7.63. The lowest BCUT2D eigenvalue weighted by atomic mass is 10.0. The highest BCUT2D eigenvalue weighted by Crippen LogP contribution is 2.20. The van der Waals surface area contributed by atoms with Crippen LogP contribution in [0.2, 0.25) is 0 Å². The van der Waals surface area contributed by atoms with Crippen LogP contribution < -0.4 is 5.32 Å². The summed E-state index contributed by atoms with van der Waals surface area (Å²) in [6.07, 6.45) is 1.73. The molecule has 0 saturated carbocycles. The van der Waals surface area contributed by atoms with E-state index in [1.807, 2.05) is 12.1 Å². The molecule has 114 valence electrons. The van der Waals surface area contributed by atoms with Crippen molar-refractivity contribution in [3.05, 3.63) is 72.2 Å². The van der Waals surface area contributed by atoms with E-state index in [0.29, 0.717) is 0 Å². The van der Waals surface area contributed by atoms with Gasteiger partial charge in [-0.05, 0) is 42.6 Å². The molecule has 1 heterocycles. The van der Waals surface area contributed by atoms with Crippen molar-refractivity contribution in [2.24, 2.45) is 0 Å². The summed E-state index contributed by atoms with van der Waals surface area (Å²) in [5.74, 6) is 0.996. The van der Waals surface area contributed by atoms with Crippen LogP contribution >= 0.6 is 0 Å². The number of furan rings is 1. The molecule has 1 aromatic heterocycles. The number of hydrogen-bond acceptors (Lipinski definition) is 3. The topological polar surface area (TPSA) is 28.4 Å². The molecular weight excluding hydrogens is 272 g/mol. The van der Waals surface area contributed by atoms with Gasteiger partial charge < -0.3 is 9.73 Å². The molecule has 0 fully saturated rings. The van der Waals surface area contributed by atoms with Gasteiger partial charge in [0.15, 0.2) is 0 Å². The first kappa shape index (κ1) is 14.8. The summed E-state index contributed by atoms with van der Waals surface area (Å²) in [6, 6.07) is 19.2. The van der Waals surface area contributed by atoms with E-state index < -0.39 is 0 Å². The normalized spacial score (nSPS) is 12.9. The van der Waals surface area contributed by atoms with Gasteiger partial charge in [0.25, 0.3) is 0 Å². The molecule has 0 aliphatic heterocycles. The molecule has 0 radical (unpaired) electrons. The molecule has 0 aliphatic carbocycles. The average Bonchev–Trinajstić information content (AvgIpc) is 3.05. The molecule has 3 rings (SSSR count). The average molecular weight is 294 g/mol. The van der Waals surface area contributed by atoms with E-state index in [1.54, 1.807) is 6.26 Å². The Morgan fingerprint density at radius 1 is 1.00 bits per heavy atom. The molecule has 3 aromatic rings. The molecule has 3 nitrogen and oxygen atoms in total. The van der Waals surface area contributed by atoms with Crippen LogP contribution in [0.1, 0.15) is 17.4 Å². The van der Waals surface area contributed by atoms with Crippen LogP contribution in [-0.2, 0) is 6.54 Å². The van der Waals surface area contributed by atoms with Gasteiger partial charge in [0.2, 0.25) is 0 Å². The van der Waals surface area contributed by atoms with Crippen molar-refractivity contribution in [3.8, 4) is 0 Å². The molecule has 0 amide bonds. The zero-order valence-corrected chi connectivity index (χ0v) is 13.1. The van der Waals surface area contributed by atoms with Gasteiger partial charge in [-0.3, -0.25) is 4.90 Å². The van der Waals surface area contributed by atoms with E-state index in [-0.39, 0.29) is 6.04 Å². The van der Waals surface area contributed by atoms with Gasteiger partial charge in [-0.15, -0.1) is 0 Å². The number of likely N-dealkylation sites (N-methyl/N-ethyl adjacent to an activating group) is 1. The first-order valence-electron chi connectivity index (χ1n) is 7.63. The molecule has 3 heteroatoms. The molecular formula is C19H22N2O. The van der Waals surface area contributed by atoms with E-state index in [2.05, 4.69) is 66.8 Å². The van der Waals surface area contributed by atoms with Crippen molar-refractivity contribution in [2.75, 3.05) is 20.6 Å². The number of nitrogens with one attached hydrogen (secondary N) is 1. The minimum atomic E-state index is 0.241. The summed E-state index contributed by atoms with van der Waals surface area (Å²) in [5.41, 5.74) is 1.33. The molecule has 22 heavy (non-hydrogen) atoms. The highest BCUT2D eigenvalue weighted by molar-refractivity contribution is 5.85. The Morgan fingerprint density at radius 3 is 2.59 bits per heavy atom. The van der Waals surface area contributed by atoms with Crippen molar-refractivity contribution < 1.29 is 4.42 Å². The van der Waals surface area contributed by atoms with E-state index in [9.17, 15) is 0 Å². The molecule has 0 saturated heterocycles. The predicted molar refractivity (Wildman–Crippen MR) is 90.8 cm³/mol. The van der Waals surface area contributed by atoms with Gasteiger partial charge >= 0.3 is 0 Å². The Morgan fingerprint density at radius 2 is 1.82 bits per heavy atom. The number of fused-ring (bicyclic) bond motifs is 1. The van der Waals surface area contributed by atoms with E-state index in [0.717, 1.165) is 18.8 Å². The van der Waals surface area contributed by atoms with Gasteiger partial charge in [-0.2, -0.15) is 0 Å². The van der Waals surface area contributed by atoms with E-state index >= 15 is 0 Å². The van der Waals surface area contributed by atoms with Gasteiger partial charge in [-0.25, -0.2) is 0 Å². The zero-order chi connectivity index (χ0) is 15.4. The second-order valence-corrected chi connectivity index (χ2v) is 5.76. The minimum Gasteiger partial charge on any atom is -0.468 e. The van der Waals surface area contributed by atoms with Crippen LogP contribution in [0.15, 0.2) is 65.3 Å². The lowest BCUT2D eigenvalue weighted by Gasteiger charge is -2.22. The van der Waals surface area contributed by atoms with Crippen molar-refractivity contribution in [2.45, 2.75) is 12.6 Å².